The van der Waals surface area contributed by atoms with Gasteiger partial charge in [-0.2, -0.15) is 0 Å². The van der Waals surface area contributed by atoms with Crippen molar-refractivity contribution in [2.75, 3.05) is 6.54 Å². The maximum absolute atomic E-state index is 12.1. The van der Waals surface area contributed by atoms with Crippen LogP contribution in [0, 0.1) is 11.8 Å². The van der Waals surface area contributed by atoms with E-state index in [0.29, 0.717) is 0 Å². The Morgan fingerprint density at radius 1 is 1.07 bits per heavy atom. The molecule has 1 N–H and O–H groups in total. The number of Topliss-reactive ketones (excluding diaryl/α,β-unsaturated/α-hetero) is 1. The van der Waals surface area contributed by atoms with Crippen LogP contribution in [0.5, 0.6) is 0 Å². The van der Waals surface area contributed by atoms with Gasteiger partial charge in [0.15, 0.2) is 0 Å². The van der Waals surface area contributed by atoms with Gasteiger partial charge in [0.1, 0.15) is 5.78 Å². The van der Waals surface area contributed by atoms with E-state index in [1.54, 1.807) is 0 Å². The molecule has 2 rings (SSSR count). The minimum atomic E-state index is -0.332. The lowest BCUT2D eigenvalue weighted by Crippen LogP contribution is -2.42. The van der Waals surface area contributed by atoms with Gasteiger partial charge in [0.2, 0.25) is 5.91 Å². The monoisotopic (exact) mass is 209 g/mol. The Morgan fingerprint density at radius 2 is 1.80 bits per heavy atom. The molecule has 2 fully saturated rings. The van der Waals surface area contributed by atoms with E-state index in [1.807, 2.05) is 0 Å². The molecule has 0 aromatic rings. The van der Waals surface area contributed by atoms with E-state index in [0.717, 1.165) is 45.1 Å². The average Bonchev–Trinajstić information content (AvgIpc) is 2.30. The molecule has 3 heteroatoms. The molecule has 0 spiro atoms. The van der Waals surface area contributed by atoms with Gasteiger partial charge in [0.25, 0.3) is 0 Å². The van der Waals surface area contributed by atoms with Crippen molar-refractivity contribution in [3.63, 3.8) is 0 Å². The first-order valence-corrected chi connectivity index (χ1v) is 6.10. The van der Waals surface area contributed by atoms with E-state index in [2.05, 4.69) is 5.32 Å². The summed E-state index contributed by atoms with van der Waals surface area (Å²) in [5, 5.41) is 2.79. The third kappa shape index (κ3) is 2.39. The van der Waals surface area contributed by atoms with Gasteiger partial charge in [0, 0.05) is 12.5 Å². The quantitative estimate of drug-likeness (QED) is 0.703. The second-order valence-corrected chi connectivity index (χ2v) is 4.72. The summed E-state index contributed by atoms with van der Waals surface area (Å²) in [7, 11) is 0. The van der Waals surface area contributed by atoms with Gasteiger partial charge in [0.05, 0.1) is 5.92 Å². The Balaban J connectivity index is 1.95. The summed E-state index contributed by atoms with van der Waals surface area (Å²) in [6.45, 7) is 0.743. The number of carbonyl (C=O) groups is 2. The summed E-state index contributed by atoms with van der Waals surface area (Å²) >= 11 is 0. The highest BCUT2D eigenvalue weighted by Gasteiger charge is 2.33. The van der Waals surface area contributed by atoms with Crippen LogP contribution in [0.15, 0.2) is 0 Å². The summed E-state index contributed by atoms with van der Waals surface area (Å²) in [5.74, 6) is 0.0261. The van der Waals surface area contributed by atoms with Crippen LogP contribution < -0.4 is 5.32 Å². The predicted octanol–water partition coefficient (Wildman–Crippen LogP) is 1.66. The van der Waals surface area contributed by atoms with Crippen molar-refractivity contribution in [2.45, 2.75) is 44.9 Å². The molecular formula is C12H19NO2. The lowest BCUT2D eigenvalue weighted by Gasteiger charge is -2.27. The topological polar surface area (TPSA) is 46.2 Å². The van der Waals surface area contributed by atoms with Gasteiger partial charge >= 0.3 is 0 Å². The predicted molar refractivity (Wildman–Crippen MR) is 57.3 cm³/mol. The van der Waals surface area contributed by atoms with Crippen LogP contribution in [0.3, 0.4) is 0 Å². The van der Waals surface area contributed by atoms with Gasteiger partial charge < -0.3 is 5.32 Å². The lowest BCUT2D eigenvalue weighted by atomic mass is 9.79. The lowest BCUT2D eigenvalue weighted by molar-refractivity contribution is -0.138. The van der Waals surface area contributed by atoms with Crippen LogP contribution in [-0.4, -0.2) is 18.2 Å². The molecule has 1 heterocycles. The fourth-order valence-corrected chi connectivity index (χ4v) is 2.72. The molecule has 84 valence electrons. The van der Waals surface area contributed by atoms with Crippen molar-refractivity contribution in [1.82, 2.24) is 5.32 Å². The van der Waals surface area contributed by atoms with Crippen LogP contribution in [-0.2, 0) is 9.59 Å². The zero-order chi connectivity index (χ0) is 10.7. The van der Waals surface area contributed by atoms with Crippen LogP contribution in [0.4, 0.5) is 0 Å². The Labute approximate surface area is 90.6 Å². The molecular weight excluding hydrogens is 190 g/mol. The van der Waals surface area contributed by atoms with Gasteiger partial charge in [-0.1, -0.05) is 19.3 Å². The number of hydrogen-bond acceptors (Lipinski definition) is 2. The van der Waals surface area contributed by atoms with Gasteiger partial charge in [-0.15, -0.1) is 0 Å². The SMILES string of the molecule is O=C1NCCCC1C(=O)C1CCCCC1. The zero-order valence-electron chi connectivity index (χ0n) is 9.13. The maximum atomic E-state index is 12.1. The van der Waals surface area contributed by atoms with Crippen molar-refractivity contribution in [3.8, 4) is 0 Å². The molecule has 0 radical (unpaired) electrons. The normalized spacial score (nSPS) is 28.5. The fraction of sp³-hybridized carbons (Fsp3) is 0.833. The van der Waals surface area contributed by atoms with Crippen molar-refractivity contribution >= 4 is 11.7 Å². The van der Waals surface area contributed by atoms with Crippen molar-refractivity contribution in [3.05, 3.63) is 0 Å². The number of rotatable bonds is 2. The summed E-state index contributed by atoms with van der Waals surface area (Å²) in [6, 6.07) is 0. The first-order valence-electron chi connectivity index (χ1n) is 6.10. The first-order chi connectivity index (χ1) is 7.29. The average molecular weight is 209 g/mol. The van der Waals surface area contributed by atoms with Crippen molar-refractivity contribution < 1.29 is 9.59 Å². The number of ketones is 1. The molecule has 15 heavy (non-hydrogen) atoms. The Hall–Kier alpha value is -0.860. The minimum absolute atomic E-state index is 0.0307. The van der Waals surface area contributed by atoms with E-state index in [9.17, 15) is 9.59 Å². The number of carbonyl (C=O) groups excluding carboxylic acids is 2. The van der Waals surface area contributed by atoms with E-state index in [1.165, 1.54) is 6.42 Å². The smallest absolute Gasteiger partial charge is 0.230 e. The molecule has 1 aliphatic heterocycles. The molecule has 3 nitrogen and oxygen atoms in total. The highest BCUT2D eigenvalue weighted by atomic mass is 16.2. The maximum Gasteiger partial charge on any atom is 0.230 e. The standard InChI is InChI=1S/C12H19NO2/c14-11(9-5-2-1-3-6-9)10-7-4-8-13-12(10)15/h9-10H,1-8H2,(H,13,15). The van der Waals surface area contributed by atoms with Gasteiger partial charge in [-0.25, -0.2) is 0 Å². The summed E-state index contributed by atoms with van der Waals surface area (Å²) in [4.78, 5) is 23.6. The Bertz CT molecular complexity index is 256. The summed E-state index contributed by atoms with van der Waals surface area (Å²) in [5.41, 5.74) is 0. The second kappa shape index (κ2) is 4.77. The molecule has 0 aromatic heterocycles. The summed E-state index contributed by atoms with van der Waals surface area (Å²) < 4.78 is 0. The first kappa shape index (κ1) is 10.7. The Kier molecular flexibility index (Phi) is 3.39. The highest BCUT2D eigenvalue weighted by Crippen LogP contribution is 2.28. The number of piperidine rings is 1. The van der Waals surface area contributed by atoms with Crippen molar-refractivity contribution in [2.24, 2.45) is 11.8 Å². The van der Waals surface area contributed by atoms with Crippen LogP contribution in [0.25, 0.3) is 0 Å². The number of amides is 1. The van der Waals surface area contributed by atoms with E-state index in [-0.39, 0.29) is 23.5 Å². The third-order valence-electron chi connectivity index (χ3n) is 3.64. The van der Waals surface area contributed by atoms with Gasteiger partial charge in [-0.3, -0.25) is 9.59 Å². The molecule has 0 bridgehead atoms. The molecule has 1 atom stereocenters. The fourth-order valence-electron chi connectivity index (χ4n) is 2.72. The molecule has 1 saturated carbocycles. The van der Waals surface area contributed by atoms with Crippen LogP contribution in [0.2, 0.25) is 0 Å². The molecule has 2 aliphatic rings. The molecule has 0 aromatic carbocycles. The largest absolute Gasteiger partial charge is 0.355 e. The van der Waals surface area contributed by atoms with E-state index < -0.39 is 0 Å². The summed E-state index contributed by atoms with van der Waals surface area (Å²) in [6.07, 6.45) is 7.29. The minimum Gasteiger partial charge on any atom is -0.355 e. The van der Waals surface area contributed by atoms with Crippen molar-refractivity contribution in [1.29, 1.82) is 0 Å². The highest BCUT2D eigenvalue weighted by molar-refractivity contribution is 6.02. The Morgan fingerprint density at radius 3 is 2.47 bits per heavy atom. The zero-order valence-corrected chi connectivity index (χ0v) is 9.13. The van der Waals surface area contributed by atoms with E-state index in [4.69, 9.17) is 0 Å². The molecule has 1 amide bonds. The number of nitrogens with one attached hydrogen (secondary N) is 1. The van der Waals surface area contributed by atoms with Crippen LogP contribution in [0.1, 0.15) is 44.9 Å². The second-order valence-electron chi connectivity index (χ2n) is 4.72. The molecule has 1 unspecified atom stereocenters. The van der Waals surface area contributed by atoms with E-state index >= 15 is 0 Å². The molecule has 1 aliphatic carbocycles. The number of hydrogen-bond donors (Lipinski definition) is 1. The van der Waals surface area contributed by atoms with Gasteiger partial charge in [-0.05, 0) is 25.7 Å². The molecule has 1 saturated heterocycles. The third-order valence-corrected chi connectivity index (χ3v) is 3.64. The van der Waals surface area contributed by atoms with Crippen LogP contribution >= 0.6 is 0 Å².